The number of aryl methyl sites for hydroxylation is 2. The predicted octanol–water partition coefficient (Wildman–Crippen LogP) is 7.61. The first-order chi connectivity index (χ1) is 16.1. The number of benzene rings is 1. The number of aromatic nitrogens is 2. The van der Waals surface area contributed by atoms with Gasteiger partial charge in [-0.1, -0.05) is 77.8 Å². The van der Waals surface area contributed by atoms with Crippen molar-refractivity contribution < 1.29 is 4.74 Å². The molecular formula is C30H50N2O2. The average Bonchev–Trinajstić information content (AvgIpc) is 3.13. The Morgan fingerprint density at radius 3 is 2.21 bits per heavy atom. The molecule has 0 saturated carbocycles. The Morgan fingerprint density at radius 1 is 1.18 bits per heavy atom. The summed E-state index contributed by atoms with van der Waals surface area (Å²) in [5, 5.41) is 0. The van der Waals surface area contributed by atoms with E-state index >= 15 is 0 Å². The van der Waals surface area contributed by atoms with E-state index in [1.807, 2.05) is 65.2 Å². The number of imidazole rings is 1. The summed E-state index contributed by atoms with van der Waals surface area (Å²) in [5.41, 5.74) is 4.07. The van der Waals surface area contributed by atoms with Crippen LogP contribution in [0.15, 0.2) is 59.6 Å². The van der Waals surface area contributed by atoms with Gasteiger partial charge < -0.3 is 4.74 Å². The van der Waals surface area contributed by atoms with Gasteiger partial charge in [0.1, 0.15) is 5.75 Å². The van der Waals surface area contributed by atoms with Crippen LogP contribution >= 0.6 is 0 Å². The molecular weight excluding hydrogens is 420 g/mol. The molecule has 0 bridgehead atoms. The summed E-state index contributed by atoms with van der Waals surface area (Å²) in [6.07, 6.45) is 10.2. The van der Waals surface area contributed by atoms with Crippen molar-refractivity contribution in [3.63, 3.8) is 0 Å². The smallest absolute Gasteiger partial charge is 0.328 e. The monoisotopic (exact) mass is 470 g/mol. The molecule has 0 fully saturated rings. The summed E-state index contributed by atoms with van der Waals surface area (Å²) in [6, 6.07) is 8.17. The fourth-order valence-electron chi connectivity index (χ4n) is 3.25. The van der Waals surface area contributed by atoms with Crippen LogP contribution in [0.5, 0.6) is 5.75 Å². The van der Waals surface area contributed by atoms with Crippen LogP contribution in [-0.4, -0.2) is 16.2 Å². The maximum atomic E-state index is 12.2. The Bertz CT molecular complexity index is 914. The van der Waals surface area contributed by atoms with Crippen molar-refractivity contribution in [2.24, 2.45) is 18.4 Å². The summed E-state index contributed by atoms with van der Waals surface area (Å²) < 4.78 is 8.72. The van der Waals surface area contributed by atoms with Crippen molar-refractivity contribution in [3.8, 4) is 5.75 Å². The van der Waals surface area contributed by atoms with Crippen molar-refractivity contribution >= 4 is 0 Å². The number of allylic oxidation sites excluding steroid dienone is 3. The first-order valence-corrected chi connectivity index (χ1v) is 12.7. The standard InChI is InChI=1S/C19H26N2O2.C9H18.C2H6/c1-5-15(2)13-21-14-17(20(3)19(21)22)8-6-7-16-9-11-18(23-4)12-10-16;1-6-8(3)9(4,5)7-2;1-2/h5,9-12,14H,6-8,13H2,1-4H3;6,8H,1,7H2,2-5H3;1-2H3/b15-5+;;. The number of nitrogens with zero attached hydrogens (tertiary/aromatic N) is 2. The fraction of sp³-hybridized carbons (Fsp3) is 0.567. The van der Waals surface area contributed by atoms with Crippen LogP contribution in [-0.2, 0) is 26.4 Å². The van der Waals surface area contributed by atoms with E-state index in [4.69, 9.17) is 4.74 Å². The highest BCUT2D eigenvalue weighted by Gasteiger charge is 2.20. The third-order valence-electron chi connectivity index (χ3n) is 6.74. The van der Waals surface area contributed by atoms with Crippen molar-refractivity contribution in [1.82, 2.24) is 9.13 Å². The number of ether oxygens (including phenoxy) is 1. The molecule has 1 unspecified atom stereocenters. The summed E-state index contributed by atoms with van der Waals surface area (Å²) in [6.45, 7) is 21.5. The topological polar surface area (TPSA) is 36.2 Å². The molecule has 0 N–H and O–H groups in total. The first-order valence-electron chi connectivity index (χ1n) is 12.7. The molecule has 192 valence electrons. The minimum absolute atomic E-state index is 0.0608. The fourth-order valence-corrected chi connectivity index (χ4v) is 3.25. The van der Waals surface area contributed by atoms with E-state index in [-0.39, 0.29) is 5.69 Å². The van der Waals surface area contributed by atoms with Gasteiger partial charge in [-0.25, -0.2) is 4.79 Å². The molecule has 0 aliphatic heterocycles. The van der Waals surface area contributed by atoms with Crippen LogP contribution in [0.2, 0.25) is 0 Å². The van der Waals surface area contributed by atoms with Crippen molar-refractivity contribution in [2.45, 2.75) is 87.6 Å². The maximum absolute atomic E-state index is 12.2. The Morgan fingerprint density at radius 2 is 1.76 bits per heavy atom. The second-order valence-corrected chi connectivity index (χ2v) is 9.29. The highest BCUT2D eigenvalue weighted by atomic mass is 16.5. The van der Waals surface area contributed by atoms with Crippen LogP contribution in [0, 0.1) is 11.3 Å². The third-order valence-corrected chi connectivity index (χ3v) is 6.74. The van der Waals surface area contributed by atoms with Crippen molar-refractivity contribution in [1.29, 1.82) is 0 Å². The van der Waals surface area contributed by atoms with Gasteiger partial charge in [-0.2, -0.15) is 0 Å². The van der Waals surface area contributed by atoms with Crippen molar-refractivity contribution in [2.75, 3.05) is 7.11 Å². The minimum atomic E-state index is 0.0608. The van der Waals surface area contributed by atoms with Gasteiger partial charge in [0.05, 0.1) is 7.11 Å². The molecule has 0 aliphatic rings. The van der Waals surface area contributed by atoms with E-state index in [2.05, 4.69) is 46.4 Å². The van der Waals surface area contributed by atoms with Gasteiger partial charge in [0.25, 0.3) is 0 Å². The molecule has 1 aromatic carbocycles. The number of methoxy groups -OCH3 is 1. The molecule has 0 aliphatic carbocycles. The van der Waals surface area contributed by atoms with Crippen molar-refractivity contribution in [3.05, 3.63) is 76.5 Å². The molecule has 0 amide bonds. The summed E-state index contributed by atoms with van der Waals surface area (Å²) in [4.78, 5) is 12.2. The van der Waals surface area contributed by atoms with E-state index in [1.54, 1.807) is 16.2 Å². The highest BCUT2D eigenvalue weighted by molar-refractivity contribution is 5.27. The zero-order valence-electron chi connectivity index (χ0n) is 23.6. The largest absolute Gasteiger partial charge is 0.497 e. The molecule has 1 aromatic heterocycles. The van der Waals surface area contributed by atoms with E-state index < -0.39 is 0 Å². The molecule has 0 spiro atoms. The molecule has 0 saturated heterocycles. The normalized spacial score (nSPS) is 12.1. The zero-order valence-corrected chi connectivity index (χ0v) is 23.6. The number of hydrogen-bond acceptors (Lipinski definition) is 2. The molecule has 4 nitrogen and oxygen atoms in total. The van der Waals surface area contributed by atoms with E-state index in [0.717, 1.165) is 30.7 Å². The summed E-state index contributed by atoms with van der Waals surface area (Å²) >= 11 is 0. The lowest BCUT2D eigenvalue weighted by Gasteiger charge is -2.27. The molecule has 4 heteroatoms. The second-order valence-electron chi connectivity index (χ2n) is 9.29. The average molecular weight is 471 g/mol. The summed E-state index contributed by atoms with van der Waals surface area (Å²) in [7, 11) is 3.53. The van der Waals surface area contributed by atoms with E-state index in [1.165, 1.54) is 17.6 Å². The van der Waals surface area contributed by atoms with Crippen LogP contribution in [0.4, 0.5) is 0 Å². The molecule has 1 heterocycles. The predicted molar refractivity (Wildman–Crippen MR) is 149 cm³/mol. The number of hydrogen-bond donors (Lipinski definition) is 0. The van der Waals surface area contributed by atoms with E-state index in [9.17, 15) is 4.79 Å². The number of rotatable bonds is 10. The van der Waals surface area contributed by atoms with Gasteiger partial charge in [0.2, 0.25) is 0 Å². The van der Waals surface area contributed by atoms with Gasteiger partial charge in [0.15, 0.2) is 0 Å². The van der Waals surface area contributed by atoms with Gasteiger partial charge in [-0.05, 0) is 62.1 Å². The second kappa shape index (κ2) is 16.2. The van der Waals surface area contributed by atoms with Gasteiger partial charge >= 0.3 is 5.69 Å². The van der Waals surface area contributed by atoms with E-state index in [0.29, 0.717) is 17.9 Å². The van der Waals surface area contributed by atoms with Gasteiger partial charge in [-0.3, -0.25) is 9.13 Å². The Balaban J connectivity index is 0.000000836. The molecule has 0 radical (unpaired) electrons. The molecule has 2 rings (SSSR count). The van der Waals surface area contributed by atoms with Crippen LogP contribution < -0.4 is 10.4 Å². The van der Waals surface area contributed by atoms with Gasteiger partial charge in [-0.15, -0.1) is 6.58 Å². The minimum Gasteiger partial charge on any atom is -0.497 e. The van der Waals surface area contributed by atoms with Crippen LogP contribution in [0.1, 0.15) is 79.5 Å². The van der Waals surface area contributed by atoms with Gasteiger partial charge in [0, 0.05) is 25.5 Å². The zero-order chi connectivity index (χ0) is 26.3. The Kier molecular flexibility index (Phi) is 15.0. The lowest BCUT2D eigenvalue weighted by molar-refractivity contribution is 0.267. The lowest BCUT2D eigenvalue weighted by atomic mass is 9.78. The maximum Gasteiger partial charge on any atom is 0.328 e. The lowest BCUT2D eigenvalue weighted by Crippen LogP contribution is -2.23. The third kappa shape index (κ3) is 10.2. The summed E-state index contributed by atoms with van der Waals surface area (Å²) in [5.74, 6) is 1.51. The Labute approximate surface area is 209 Å². The quantitative estimate of drug-likeness (QED) is 0.335. The molecule has 2 aromatic rings. The molecule has 34 heavy (non-hydrogen) atoms. The first kappa shape index (κ1) is 31.5. The molecule has 1 atom stereocenters. The van der Waals surface area contributed by atoms with Crippen LogP contribution in [0.25, 0.3) is 0 Å². The SMILES string of the molecule is C/C=C(\C)Cn1cc(CCCc2ccc(OC)cc2)n(C)c1=O.C=CC(C)C(C)(C)CC.CC. The Hall–Kier alpha value is -2.49. The van der Waals surface area contributed by atoms with Crippen LogP contribution in [0.3, 0.4) is 0 Å². The highest BCUT2D eigenvalue weighted by Crippen LogP contribution is 2.30.